The summed E-state index contributed by atoms with van der Waals surface area (Å²) in [5.74, 6) is 3.69. The van der Waals surface area contributed by atoms with Crippen LogP contribution < -0.4 is 9.80 Å². The zero-order valence-electron chi connectivity index (χ0n) is 34.5. The monoisotopic (exact) mass is 788 g/mol. The van der Waals surface area contributed by atoms with Gasteiger partial charge in [-0.05, 0) is 88.1 Å². The normalized spacial score (nSPS) is 14.2. The van der Waals surface area contributed by atoms with Crippen LogP contribution in [0.2, 0.25) is 0 Å². The van der Waals surface area contributed by atoms with Gasteiger partial charge in [0.25, 0.3) is 0 Å². The Hall–Kier alpha value is -6.53. The van der Waals surface area contributed by atoms with E-state index in [9.17, 15) is 4.79 Å². The lowest BCUT2D eigenvalue weighted by atomic mass is 10.0. The van der Waals surface area contributed by atoms with Gasteiger partial charge in [-0.1, -0.05) is 71.0 Å². The highest BCUT2D eigenvalue weighted by molar-refractivity contribution is 6.07. The maximum Gasteiger partial charge on any atom is 0.228 e. The van der Waals surface area contributed by atoms with Gasteiger partial charge < -0.3 is 32.7 Å². The highest BCUT2D eigenvalue weighted by Crippen LogP contribution is 2.39. The third kappa shape index (κ3) is 7.18. The van der Waals surface area contributed by atoms with Crippen molar-refractivity contribution < 1.29 is 18.6 Å². The number of benzene rings is 4. The molecule has 0 aliphatic carbocycles. The molecule has 0 unspecified atom stereocenters. The van der Waals surface area contributed by atoms with E-state index in [2.05, 4.69) is 91.9 Å². The second kappa shape index (κ2) is 15.7. The lowest BCUT2D eigenvalue weighted by Crippen LogP contribution is -2.43. The standard InChI is InChI=1S/C24H26N4O2.C23H22N4O2/c1-16-23(17(2)30-26-16)20-13-21(27-9-11-29-12-10-27)24-22(14-20)28(18(3)25-24)15-19-7-5-4-6-8-19;1-14-22(15(2)29-25-14)18-11-19(26-10-9-21(26)28)23-20(12-18)27(16(3)24-23)13-17-7-5-4-6-8-17/h4-8,13-14H,9-12,15H2,1-3H3;4-8,11-12H,9-10,13H2,1-3H3. The van der Waals surface area contributed by atoms with E-state index >= 15 is 0 Å². The van der Waals surface area contributed by atoms with Crippen LogP contribution in [0.1, 0.15) is 52.1 Å². The first-order chi connectivity index (χ1) is 28.6. The molecule has 8 aromatic rings. The predicted molar refractivity (Wildman–Crippen MR) is 230 cm³/mol. The summed E-state index contributed by atoms with van der Waals surface area (Å²) in [6, 6.07) is 29.5. The van der Waals surface area contributed by atoms with Crippen molar-refractivity contribution in [2.24, 2.45) is 0 Å². The molecule has 0 N–H and O–H groups in total. The molecule has 12 heteroatoms. The molecule has 300 valence electrons. The van der Waals surface area contributed by atoms with Gasteiger partial charge in [0.1, 0.15) is 34.2 Å². The lowest BCUT2D eigenvalue weighted by molar-refractivity contribution is -0.122. The first kappa shape index (κ1) is 38.0. The zero-order chi connectivity index (χ0) is 40.8. The van der Waals surface area contributed by atoms with Gasteiger partial charge in [-0.15, -0.1) is 0 Å². The van der Waals surface area contributed by atoms with Crippen LogP contribution in [0.3, 0.4) is 0 Å². The van der Waals surface area contributed by atoms with Crippen molar-refractivity contribution in [1.29, 1.82) is 0 Å². The Kier molecular flexibility index (Phi) is 10.1. The smallest absolute Gasteiger partial charge is 0.228 e. The highest BCUT2D eigenvalue weighted by atomic mass is 16.5. The van der Waals surface area contributed by atoms with Crippen LogP contribution in [0.5, 0.6) is 0 Å². The molecule has 0 spiro atoms. The van der Waals surface area contributed by atoms with Crippen LogP contribution in [0.4, 0.5) is 11.4 Å². The largest absolute Gasteiger partial charge is 0.378 e. The van der Waals surface area contributed by atoms with Gasteiger partial charge in [-0.3, -0.25) is 4.79 Å². The minimum atomic E-state index is 0.137. The summed E-state index contributed by atoms with van der Waals surface area (Å²) in [7, 11) is 0. The number of anilines is 2. The lowest BCUT2D eigenvalue weighted by Gasteiger charge is -2.31. The number of rotatable bonds is 8. The number of morpholine rings is 1. The van der Waals surface area contributed by atoms with Crippen LogP contribution >= 0.6 is 0 Å². The molecule has 0 saturated carbocycles. The van der Waals surface area contributed by atoms with Gasteiger partial charge in [0.2, 0.25) is 5.91 Å². The molecule has 4 aromatic heterocycles. The Labute approximate surface area is 343 Å². The minimum Gasteiger partial charge on any atom is -0.378 e. The van der Waals surface area contributed by atoms with Crippen molar-refractivity contribution in [3.05, 3.63) is 131 Å². The van der Waals surface area contributed by atoms with E-state index < -0.39 is 0 Å². The van der Waals surface area contributed by atoms with Crippen molar-refractivity contribution in [2.45, 2.75) is 61.1 Å². The van der Waals surface area contributed by atoms with E-state index in [0.717, 1.165) is 136 Å². The number of aromatic nitrogens is 6. The maximum absolute atomic E-state index is 12.2. The van der Waals surface area contributed by atoms with Gasteiger partial charge in [-0.2, -0.15) is 0 Å². The predicted octanol–water partition coefficient (Wildman–Crippen LogP) is 8.90. The third-order valence-electron chi connectivity index (χ3n) is 11.6. The molecule has 4 aromatic carbocycles. The number of carbonyl (C=O) groups excluding carboxylic acids is 1. The second-order valence-corrected chi connectivity index (χ2v) is 15.5. The van der Waals surface area contributed by atoms with E-state index in [1.807, 2.05) is 63.8 Å². The van der Waals surface area contributed by atoms with E-state index in [0.29, 0.717) is 6.42 Å². The first-order valence-electron chi connectivity index (χ1n) is 20.2. The van der Waals surface area contributed by atoms with Crippen molar-refractivity contribution in [1.82, 2.24) is 29.4 Å². The van der Waals surface area contributed by atoms with Crippen molar-refractivity contribution in [3.8, 4) is 22.3 Å². The van der Waals surface area contributed by atoms with E-state index in [-0.39, 0.29) is 5.91 Å². The van der Waals surface area contributed by atoms with Gasteiger partial charge in [0.05, 0.1) is 47.0 Å². The summed E-state index contributed by atoms with van der Waals surface area (Å²) in [5, 5.41) is 8.29. The van der Waals surface area contributed by atoms with Crippen molar-refractivity contribution in [2.75, 3.05) is 42.6 Å². The van der Waals surface area contributed by atoms with Crippen molar-refractivity contribution in [3.63, 3.8) is 0 Å². The quantitative estimate of drug-likeness (QED) is 0.139. The van der Waals surface area contributed by atoms with Crippen LogP contribution in [0, 0.1) is 41.5 Å². The van der Waals surface area contributed by atoms with E-state index in [1.54, 1.807) is 0 Å². The number of nitrogens with zero attached hydrogens (tertiary/aromatic N) is 8. The molecule has 12 nitrogen and oxygen atoms in total. The topological polar surface area (TPSA) is 120 Å². The zero-order valence-corrected chi connectivity index (χ0v) is 34.5. The van der Waals surface area contributed by atoms with Gasteiger partial charge in [0, 0.05) is 50.3 Å². The summed E-state index contributed by atoms with van der Waals surface area (Å²) in [4.78, 5) is 26.3. The average Bonchev–Trinajstić information content (AvgIpc) is 3.96. The Bertz CT molecular complexity index is 2770. The molecule has 59 heavy (non-hydrogen) atoms. The summed E-state index contributed by atoms with van der Waals surface area (Å²) in [6.45, 7) is 17.4. The summed E-state index contributed by atoms with van der Waals surface area (Å²) < 4.78 is 21.0. The SMILES string of the molecule is Cc1noc(C)c1-c1cc(N2CCC2=O)c2nc(C)n(Cc3ccccc3)c2c1.Cc1noc(C)c1-c1cc(N2CCOCC2)c2nc(C)n(Cc3ccccc3)c2c1. The average molecular weight is 789 g/mol. The number of β-lactam (4-membered cyclic amide) rings is 1. The number of imidazole rings is 2. The molecule has 2 fully saturated rings. The van der Waals surface area contributed by atoms with Gasteiger partial charge in [-0.25, -0.2) is 9.97 Å². The van der Waals surface area contributed by atoms with Crippen LogP contribution in [0.15, 0.2) is 94.0 Å². The highest BCUT2D eigenvalue weighted by Gasteiger charge is 2.30. The van der Waals surface area contributed by atoms with Crippen LogP contribution in [-0.4, -0.2) is 68.2 Å². The fraction of sp³-hybridized carbons (Fsp3) is 0.298. The number of aryl methyl sites for hydroxylation is 6. The molecule has 0 atom stereocenters. The maximum atomic E-state index is 12.2. The van der Waals surface area contributed by atoms with Crippen molar-refractivity contribution >= 4 is 39.3 Å². The Morgan fingerprint density at radius 2 is 1.07 bits per heavy atom. The molecule has 2 aliphatic rings. The Morgan fingerprint density at radius 1 is 0.593 bits per heavy atom. The summed E-state index contributed by atoms with van der Waals surface area (Å²) >= 11 is 0. The molecule has 2 saturated heterocycles. The number of carbonyl (C=O) groups is 1. The molecule has 10 rings (SSSR count). The number of ether oxygens (including phenoxy) is 1. The molecular weight excluding hydrogens is 741 g/mol. The van der Waals surface area contributed by atoms with Crippen LogP contribution in [0.25, 0.3) is 44.3 Å². The molecule has 2 aliphatic heterocycles. The van der Waals surface area contributed by atoms with E-state index in [4.69, 9.17) is 23.8 Å². The van der Waals surface area contributed by atoms with Gasteiger partial charge in [0.15, 0.2) is 0 Å². The van der Waals surface area contributed by atoms with E-state index in [1.165, 1.54) is 11.1 Å². The van der Waals surface area contributed by atoms with Gasteiger partial charge >= 0.3 is 0 Å². The molecular formula is C47H48N8O4. The van der Waals surface area contributed by atoms with Crippen LogP contribution in [-0.2, 0) is 22.6 Å². The number of amides is 1. The Morgan fingerprint density at radius 3 is 1.49 bits per heavy atom. The fourth-order valence-electron chi connectivity index (χ4n) is 8.47. The minimum absolute atomic E-state index is 0.137. The molecule has 0 radical (unpaired) electrons. The Balaban J connectivity index is 0.000000152. The molecule has 1 amide bonds. The molecule has 6 heterocycles. The third-order valence-corrected chi connectivity index (χ3v) is 11.6. The number of hydrogen-bond donors (Lipinski definition) is 0. The number of hydrogen-bond acceptors (Lipinski definition) is 9. The molecule has 0 bridgehead atoms. The first-order valence-corrected chi connectivity index (χ1v) is 20.2. The fourth-order valence-corrected chi connectivity index (χ4v) is 8.47. The second-order valence-electron chi connectivity index (χ2n) is 15.5. The summed E-state index contributed by atoms with van der Waals surface area (Å²) in [6.07, 6.45) is 0.584. The summed E-state index contributed by atoms with van der Waals surface area (Å²) in [5.41, 5.74) is 14.4. The number of fused-ring (bicyclic) bond motifs is 2.